The fraction of sp³-hybridized carbons (Fsp3) is 0.167. The van der Waals surface area contributed by atoms with Crippen molar-refractivity contribution in [2.24, 2.45) is 4.99 Å². The SMILES string of the molecule is CCn1c(=NC(=O)c2ccc(S(=O)(=O)N3CCc4ccccc43)cc2)sc2cc(Cl)ccc21. The second-order valence-electron chi connectivity index (χ2n) is 7.64. The summed E-state index contributed by atoms with van der Waals surface area (Å²) in [5, 5.41) is 0.627. The van der Waals surface area contributed by atoms with Crippen LogP contribution in [0.1, 0.15) is 22.8 Å². The zero-order chi connectivity index (χ0) is 23.2. The third-order valence-corrected chi connectivity index (χ3v) is 8.80. The van der Waals surface area contributed by atoms with Crippen LogP contribution in [0.4, 0.5) is 5.69 Å². The quantitative estimate of drug-likeness (QED) is 0.404. The monoisotopic (exact) mass is 497 g/mol. The van der Waals surface area contributed by atoms with Gasteiger partial charge in [-0.15, -0.1) is 0 Å². The fourth-order valence-corrected chi connectivity index (χ4v) is 6.92. The molecule has 0 saturated carbocycles. The Bertz CT molecular complexity index is 1550. The molecule has 0 saturated heterocycles. The van der Waals surface area contributed by atoms with Crippen molar-refractivity contribution in [3.8, 4) is 0 Å². The van der Waals surface area contributed by atoms with Crippen LogP contribution in [0.25, 0.3) is 10.2 Å². The number of hydrogen-bond acceptors (Lipinski definition) is 4. The zero-order valence-corrected chi connectivity index (χ0v) is 20.1. The molecule has 0 radical (unpaired) electrons. The van der Waals surface area contributed by atoms with Gasteiger partial charge in [0.05, 0.1) is 20.8 Å². The number of aromatic nitrogens is 1. The highest BCUT2D eigenvalue weighted by Gasteiger charge is 2.30. The van der Waals surface area contributed by atoms with Crippen LogP contribution in [-0.4, -0.2) is 25.4 Å². The number of thiazole rings is 1. The predicted molar refractivity (Wildman–Crippen MR) is 132 cm³/mol. The van der Waals surface area contributed by atoms with Gasteiger partial charge in [-0.2, -0.15) is 4.99 Å². The van der Waals surface area contributed by atoms with E-state index in [2.05, 4.69) is 4.99 Å². The summed E-state index contributed by atoms with van der Waals surface area (Å²) in [5.74, 6) is -0.426. The molecule has 0 unspecified atom stereocenters. The molecular weight excluding hydrogens is 478 g/mol. The third-order valence-electron chi connectivity index (χ3n) is 5.69. The van der Waals surface area contributed by atoms with Crippen molar-refractivity contribution in [3.05, 3.63) is 87.7 Å². The minimum atomic E-state index is -3.71. The number of amides is 1. The lowest BCUT2D eigenvalue weighted by Gasteiger charge is -2.19. The molecule has 0 fully saturated rings. The van der Waals surface area contributed by atoms with Gasteiger partial charge in [0.2, 0.25) is 0 Å². The van der Waals surface area contributed by atoms with Gasteiger partial charge in [-0.05, 0) is 67.4 Å². The van der Waals surface area contributed by atoms with Crippen molar-refractivity contribution >= 4 is 54.8 Å². The van der Waals surface area contributed by atoms with Crippen LogP contribution < -0.4 is 9.11 Å². The van der Waals surface area contributed by atoms with E-state index in [1.54, 1.807) is 0 Å². The van der Waals surface area contributed by atoms with E-state index >= 15 is 0 Å². The molecule has 33 heavy (non-hydrogen) atoms. The van der Waals surface area contributed by atoms with E-state index in [1.165, 1.54) is 39.9 Å². The number of rotatable bonds is 4. The molecule has 5 rings (SSSR count). The summed E-state index contributed by atoms with van der Waals surface area (Å²) in [6, 6.07) is 19.1. The first-order valence-corrected chi connectivity index (χ1v) is 13.1. The molecule has 3 aromatic carbocycles. The highest BCUT2D eigenvalue weighted by molar-refractivity contribution is 7.92. The maximum absolute atomic E-state index is 13.2. The van der Waals surface area contributed by atoms with Crippen molar-refractivity contribution < 1.29 is 13.2 Å². The normalized spacial score (nSPS) is 14.1. The second kappa shape index (κ2) is 8.44. The molecule has 0 N–H and O–H groups in total. The highest BCUT2D eigenvalue weighted by Crippen LogP contribution is 2.32. The van der Waals surface area contributed by atoms with E-state index in [0.717, 1.165) is 15.8 Å². The Kier molecular flexibility index (Phi) is 5.60. The molecule has 2 heterocycles. The van der Waals surface area contributed by atoms with Crippen LogP contribution in [0.2, 0.25) is 5.02 Å². The molecule has 1 aliphatic heterocycles. The van der Waals surface area contributed by atoms with Gasteiger partial charge in [0, 0.05) is 23.7 Å². The summed E-state index contributed by atoms with van der Waals surface area (Å²) in [6.07, 6.45) is 0.683. The van der Waals surface area contributed by atoms with Crippen molar-refractivity contribution in [1.29, 1.82) is 0 Å². The molecule has 0 spiro atoms. The van der Waals surface area contributed by atoms with Crippen LogP contribution in [-0.2, 0) is 23.0 Å². The van der Waals surface area contributed by atoms with Gasteiger partial charge >= 0.3 is 0 Å². The summed E-state index contributed by atoms with van der Waals surface area (Å²) in [6.45, 7) is 3.05. The summed E-state index contributed by atoms with van der Waals surface area (Å²) >= 11 is 7.49. The van der Waals surface area contributed by atoms with Crippen LogP contribution >= 0.6 is 22.9 Å². The second-order valence-corrected chi connectivity index (χ2v) is 10.9. The standard InChI is InChI=1S/C24H20ClN3O3S2/c1-2-27-21-12-9-18(25)15-22(21)32-24(27)26-23(29)17-7-10-19(11-8-17)33(30,31)28-14-13-16-5-3-4-6-20(16)28/h3-12,15H,2,13-14H2,1H3. The van der Waals surface area contributed by atoms with E-state index < -0.39 is 15.9 Å². The molecule has 1 aliphatic rings. The number of hydrogen-bond donors (Lipinski definition) is 0. The zero-order valence-electron chi connectivity index (χ0n) is 17.7. The average Bonchev–Trinajstić information content (AvgIpc) is 3.40. The van der Waals surface area contributed by atoms with Crippen LogP contribution in [0.5, 0.6) is 0 Å². The first-order valence-electron chi connectivity index (χ1n) is 10.5. The van der Waals surface area contributed by atoms with Gasteiger partial charge in [0.25, 0.3) is 15.9 Å². The number of fused-ring (bicyclic) bond motifs is 2. The molecule has 1 amide bonds. The van der Waals surface area contributed by atoms with E-state index in [-0.39, 0.29) is 4.90 Å². The number of nitrogens with zero attached hydrogens (tertiary/aromatic N) is 3. The van der Waals surface area contributed by atoms with E-state index in [9.17, 15) is 13.2 Å². The van der Waals surface area contributed by atoms with Crippen LogP contribution in [0, 0.1) is 0 Å². The Balaban J connectivity index is 1.46. The molecule has 0 aliphatic carbocycles. The number of carbonyl (C=O) groups excluding carboxylic acids is 1. The Hall–Kier alpha value is -2.94. The predicted octanol–water partition coefficient (Wildman–Crippen LogP) is 4.87. The number of benzene rings is 3. The first kappa shape index (κ1) is 21.9. The van der Waals surface area contributed by atoms with Gasteiger partial charge in [-0.3, -0.25) is 9.10 Å². The molecule has 168 valence electrons. The lowest BCUT2D eigenvalue weighted by molar-refractivity contribution is 0.0997. The lowest BCUT2D eigenvalue weighted by Crippen LogP contribution is -2.29. The number of halogens is 1. The topological polar surface area (TPSA) is 71.7 Å². The van der Waals surface area contributed by atoms with Crippen molar-refractivity contribution in [3.63, 3.8) is 0 Å². The Morgan fingerprint density at radius 3 is 2.61 bits per heavy atom. The molecule has 0 bridgehead atoms. The van der Waals surface area contributed by atoms with Gasteiger partial charge in [0.15, 0.2) is 4.80 Å². The fourth-order valence-electron chi connectivity index (χ4n) is 4.04. The molecule has 1 aromatic heterocycles. The van der Waals surface area contributed by atoms with Crippen molar-refractivity contribution in [2.45, 2.75) is 24.8 Å². The number of aryl methyl sites for hydroxylation is 1. The van der Waals surface area contributed by atoms with Crippen LogP contribution in [0.3, 0.4) is 0 Å². The Morgan fingerprint density at radius 2 is 1.85 bits per heavy atom. The van der Waals surface area contributed by atoms with Gasteiger partial charge in [-0.1, -0.05) is 41.1 Å². The minimum absolute atomic E-state index is 0.149. The average molecular weight is 498 g/mol. The molecular formula is C24H20ClN3O3S2. The summed E-state index contributed by atoms with van der Waals surface area (Å²) in [7, 11) is -3.71. The molecule has 6 nitrogen and oxygen atoms in total. The van der Waals surface area contributed by atoms with Crippen molar-refractivity contribution in [2.75, 3.05) is 10.8 Å². The Labute approximate surface area is 200 Å². The Morgan fingerprint density at radius 1 is 1.09 bits per heavy atom. The van der Waals surface area contributed by atoms with Gasteiger partial charge < -0.3 is 4.57 Å². The van der Waals surface area contributed by atoms with E-state index in [0.29, 0.717) is 40.6 Å². The summed E-state index contributed by atoms with van der Waals surface area (Å²) < 4.78 is 30.7. The smallest absolute Gasteiger partial charge is 0.279 e. The maximum atomic E-state index is 13.2. The number of anilines is 1. The summed E-state index contributed by atoms with van der Waals surface area (Å²) in [5.41, 5.74) is 3.02. The number of sulfonamides is 1. The largest absolute Gasteiger partial charge is 0.317 e. The lowest BCUT2D eigenvalue weighted by atomic mass is 10.2. The van der Waals surface area contributed by atoms with Crippen LogP contribution in [0.15, 0.2) is 76.6 Å². The van der Waals surface area contributed by atoms with Gasteiger partial charge in [-0.25, -0.2) is 8.42 Å². The highest BCUT2D eigenvalue weighted by atomic mass is 35.5. The van der Waals surface area contributed by atoms with Crippen molar-refractivity contribution in [1.82, 2.24) is 4.57 Å². The number of para-hydroxylation sites is 1. The van der Waals surface area contributed by atoms with Gasteiger partial charge in [0.1, 0.15) is 0 Å². The van der Waals surface area contributed by atoms with E-state index in [4.69, 9.17) is 11.6 Å². The molecule has 4 aromatic rings. The maximum Gasteiger partial charge on any atom is 0.279 e. The molecule has 0 atom stereocenters. The minimum Gasteiger partial charge on any atom is -0.317 e. The van der Waals surface area contributed by atoms with E-state index in [1.807, 2.05) is 54.0 Å². The first-order chi connectivity index (χ1) is 15.9. The molecule has 9 heteroatoms. The summed E-state index contributed by atoms with van der Waals surface area (Å²) in [4.78, 5) is 17.9. The third kappa shape index (κ3) is 3.88. The number of carbonyl (C=O) groups is 1.